The third kappa shape index (κ3) is 3.20. The third-order valence-corrected chi connectivity index (χ3v) is 3.98. The van der Waals surface area contributed by atoms with Gasteiger partial charge in [-0.05, 0) is 30.3 Å². The summed E-state index contributed by atoms with van der Waals surface area (Å²) in [6, 6.07) is 14.6. The van der Waals surface area contributed by atoms with Crippen LogP contribution in [0.25, 0.3) is 0 Å². The van der Waals surface area contributed by atoms with Gasteiger partial charge in [-0.25, -0.2) is 0 Å². The van der Waals surface area contributed by atoms with Crippen LogP contribution in [0.15, 0.2) is 60.7 Å². The molecule has 0 aromatic heterocycles. The fourth-order valence-corrected chi connectivity index (χ4v) is 2.76. The Morgan fingerprint density at radius 2 is 1.38 bits per heavy atom. The maximum atomic E-state index is 12.3. The predicted octanol–water partition coefficient (Wildman–Crippen LogP) is 3.10. The van der Waals surface area contributed by atoms with Gasteiger partial charge in [-0.15, -0.1) is 0 Å². The number of para-hydroxylation sites is 4. The van der Waals surface area contributed by atoms with Gasteiger partial charge in [0.1, 0.15) is 17.5 Å². The number of nitrogens with one attached hydrogen (secondary N) is 2. The van der Waals surface area contributed by atoms with E-state index in [0.717, 1.165) is 17.1 Å². The van der Waals surface area contributed by atoms with Crippen molar-refractivity contribution in [3.8, 4) is 11.5 Å². The summed E-state index contributed by atoms with van der Waals surface area (Å²) in [4.78, 5) is 12.3. The summed E-state index contributed by atoms with van der Waals surface area (Å²) in [7, 11) is 3.24. The maximum absolute atomic E-state index is 12.3. The van der Waals surface area contributed by atoms with E-state index in [9.17, 15) is 4.79 Å². The lowest BCUT2D eigenvalue weighted by atomic mass is 10.1. The average Bonchev–Trinajstić information content (AvgIpc) is 2.96. The molecule has 0 aliphatic heterocycles. The molecule has 0 heterocycles. The summed E-state index contributed by atoms with van der Waals surface area (Å²) in [5, 5.41) is 6.64. The summed E-state index contributed by atoms with van der Waals surface area (Å²) < 4.78 is 10.7. The molecule has 2 aromatic carbocycles. The van der Waals surface area contributed by atoms with Gasteiger partial charge < -0.3 is 20.1 Å². The number of carbonyl (C=O) groups is 1. The first-order valence-electron chi connectivity index (χ1n) is 7.74. The fraction of sp³-hybridized carbons (Fsp3) is 0.211. The number of ketones is 1. The molecule has 24 heavy (non-hydrogen) atoms. The highest BCUT2D eigenvalue weighted by atomic mass is 16.5. The number of benzene rings is 2. The standard InChI is InChI=1S/C19H20N2O3/c1-23-17-9-5-3-7-13(17)20-15-11-12-16(22)19(15)21-14-8-4-6-10-18(14)24-2/h3-12,15,19-21H,1-2H3/t15-,19-/m0/s1. The lowest BCUT2D eigenvalue weighted by Crippen LogP contribution is -2.39. The van der Waals surface area contributed by atoms with E-state index in [1.54, 1.807) is 20.3 Å². The summed E-state index contributed by atoms with van der Waals surface area (Å²) >= 11 is 0. The number of carbonyl (C=O) groups excluding carboxylic acids is 1. The summed E-state index contributed by atoms with van der Waals surface area (Å²) in [6.45, 7) is 0. The van der Waals surface area contributed by atoms with Crippen molar-refractivity contribution in [2.45, 2.75) is 12.1 Å². The SMILES string of the molecule is COc1ccccc1N[C@H]1C=CC(=O)[C@H]1Nc1ccccc1OC. The molecule has 0 saturated heterocycles. The number of hydrogen-bond acceptors (Lipinski definition) is 5. The molecule has 0 bridgehead atoms. The Hall–Kier alpha value is -2.95. The van der Waals surface area contributed by atoms with Crippen LogP contribution in [0.3, 0.4) is 0 Å². The Balaban J connectivity index is 1.80. The van der Waals surface area contributed by atoms with Crippen molar-refractivity contribution in [3.05, 3.63) is 60.7 Å². The zero-order valence-electron chi connectivity index (χ0n) is 13.7. The molecule has 1 aliphatic rings. The molecule has 1 aliphatic carbocycles. The van der Waals surface area contributed by atoms with Crippen molar-refractivity contribution >= 4 is 17.2 Å². The van der Waals surface area contributed by atoms with Gasteiger partial charge in [-0.1, -0.05) is 30.3 Å². The van der Waals surface area contributed by atoms with Crippen LogP contribution in [-0.4, -0.2) is 32.1 Å². The van der Waals surface area contributed by atoms with E-state index in [-0.39, 0.29) is 11.8 Å². The van der Waals surface area contributed by atoms with Gasteiger partial charge in [0.15, 0.2) is 5.78 Å². The Kier molecular flexibility index (Phi) is 4.70. The van der Waals surface area contributed by atoms with Crippen LogP contribution in [0, 0.1) is 0 Å². The van der Waals surface area contributed by atoms with Crippen LogP contribution in [0.2, 0.25) is 0 Å². The van der Waals surface area contributed by atoms with Gasteiger partial charge in [0.25, 0.3) is 0 Å². The van der Waals surface area contributed by atoms with Gasteiger partial charge in [-0.3, -0.25) is 4.79 Å². The minimum absolute atomic E-state index is 0.0216. The van der Waals surface area contributed by atoms with E-state index in [4.69, 9.17) is 9.47 Å². The smallest absolute Gasteiger partial charge is 0.180 e. The van der Waals surface area contributed by atoms with Crippen LogP contribution in [0.1, 0.15) is 0 Å². The molecule has 0 radical (unpaired) electrons. The first-order chi connectivity index (χ1) is 11.7. The average molecular weight is 324 g/mol. The molecule has 3 rings (SSSR count). The van der Waals surface area contributed by atoms with Crippen molar-refractivity contribution in [1.29, 1.82) is 0 Å². The van der Waals surface area contributed by atoms with E-state index in [1.807, 2.05) is 54.6 Å². The zero-order valence-corrected chi connectivity index (χ0v) is 13.7. The maximum Gasteiger partial charge on any atom is 0.180 e. The van der Waals surface area contributed by atoms with Gasteiger partial charge in [-0.2, -0.15) is 0 Å². The molecule has 2 aromatic rings. The van der Waals surface area contributed by atoms with Crippen LogP contribution >= 0.6 is 0 Å². The number of anilines is 2. The topological polar surface area (TPSA) is 59.6 Å². The molecule has 5 heteroatoms. The molecule has 2 atom stereocenters. The van der Waals surface area contributed by atoms with E-state index in [2.05, 4.69) is 10.6 Å². The Bertz CT molecular complexity index is 758. The Morgan fingerprint density at radius 1 is 0.833 bits per heavy atom. The highest BCUT2D eigenvalue weighted by Crippen LogP contribution is 2.29. The van der Waals surface area contributed by atoms with Crippen molar-refractivity contribution in [2.75, 3.05) is 24.9 Å². The molecule has 0 unspecified atom stereocenters. The lowest BCUT2D eigenvalue weighted by Gasteiger charge is -2.24. The largest absolute Gasteiger partial charge is 0.495 e. The zero-order chi connectivity index (χ0) is 16.9. The lowest BCUT2D eigenvalue weighted by molar-refractivity contribution is -0.114. The fourth-order valence-electron chi connectivity index (χ4n) is 2.76. The minimum Gasteiger partial charge on any atom is -0.495 e. The van der Waals surface area contributed by atoms with Gasteiger partial charge in [0, 0.05) is 0 Å². The quantitative estimate of drug-likeness (QED) is 0.855. The van der Waals surface area contributed by atoms with Crippen molar-refractivity contribution in [3.63, 3.8) is 0 Å². The van der Waals surface area contributed by atoms with Crippen LogP contribution in [0.4, 0.5) is 11.4 Å². The molecule has 2 N–H and O–H groups in total. The first-order valence-corrected chi connectivity index (χ1v) is 7.74. The minimum atomic E-state index is -0.411. The van der Waals surface area contributed by atoms with Gasteiger partial charge >= 0.3 is 0 Å². The van der Waals surface area contributed by atoms with Crippen LogP contribution < -0.4 is 20.1 Å². The summed E-state index contributed by atoms with van der Waals surface area (Å²) in [5.41, 5.74) is 1.63. The predicted molar refractivity (Wildman–Crippen MR) is 95.0 cm³/mol. The molecule has 0 amide bonds. The van der Waals surface area contributed by atoms with Crippen molar-refractivity contribution < 1.29 is 14.3 Å². The number of rotatable bonds is 6. The normalized spacial score (nSPS) is 19.2. The molecule has 0 spiro atoms. The van der Waals surface area contributed by atoms with Crippen molar-refractivity contribution in [1.82, 2.24) is 0 Å². The highest BCUT2D eigenvalue weighted by Gasteiger charge is 2.31. The Morgan fingerprint density at radius 3 is 1.96 bits per heavy atom. The highest BCUT2D eigenvalue weighted by molar-refractivity contribution is 6.00. The number of methoxy groups -OCH3 is 2. The van der Waals surface area contributed by atoms with Crippen LogP contribution in [-0.2, 0) is 4.79 Å². The van der Waals surface area contributed by atoms with E-state index < -0.39 is 6.04 Å². The second kappa shape index (κ2) is 7.08. The molecule has 0 saturated carbocycles. The second-order valence-electron chi connectivity index (χ2n) is 5.45. The van der Waals surface area contributed by atoms with E-state index in [1.165, 1.54) is 0 Å². The van der Waals surface area contributed by atoms with Crippen LogP contribution in [0.5, 0.6) is 11.5 Å². The summed E-state index contributed by atoms with van der Waals surface area (Å²) in [6.07, 6.45) is 3.46. The molecule has 0 fully saturated rings. The number of ether oxygens (including phenoxy) is 2. The molecular formula is C19H20N2O3. The van der Waals surface area contributed by atoms with E-state index in [0.29, 0.717) is 5.75 Å². The van der Waals surface area contributed by atoms with Gasteiger partial charge in [0.2, 0.25) is 0 Å². The van der Waals surface area contributed by atoms with E-state index >= 15 is 0 Å². The second-order valence-corrected chi connectivity index (χ2v) is 5.45. The summed E-state index contributed by atoms with van der Waals surface area (Å²) in [5.74, 6) is 1.46. The molecule has 124 valence electrons. The molecule has 5 nitrogen and oxygen atoms in total. The first kappa shape index (κ1) is 15.9. The molecular weight excluding hydrogens is 304 g/mol. The third-order valence-electron chi connectivity index (χ3n) is 3.98. The monoisotopic (exact) mass is 324 g/mol. The Labute approximate surface area is 141 Å². The van der Waals surface area contributed by atoms with Gasteiger partial charge in [0.05, 0.1) is 31.6 Å². The number of hydrogen-bond donors (Lipinski definition) is 2. The van der Waals surface area contributed by atoms with Crippen molar-refractivity contribution in [2.24, 2.45) is 0 Å².